The van der Waals surface area contributed by atoms with Gasteiger partial charge in [-0.2, -0.15) is 0 Å². The molecule has 0 bridgehead atoms. The molecule has 0 aromatic heterocycles. The number of nitrogens with zero attached hydrogens (tertiary/aromatic N) is 1. The Labute approximate surface area is 146 Å². The van der Waals surface area contributed by atoms with Crippen molar-refractivity contribution in [1.29, 1.82) is 0 Å². The van der Waals surface area contributed by atoms with Crippen molar-refractivity contribution in [2.24, 2.45) is 16.3 Å². The Morgan fingerprint density at radius 1 is 1.32 bits per heavy atom. The number of aliphatic hydroxyl groups is 1. The van der Waals surface area contributed by atoms with Crippen LogP contribution in [0.3, 0.4) is 0 Å². The van der Waals surface area contributed by atoms with Crippen molar-refractivity contribution in [3.05, 3.63) is 35.6 Å². The second kappa shape index (κ2) is 7.09. The van der Waals surface area contributed by atoms with E-state index >= 15 is 0 Å². The molecule has 2 rings (SSSR count). The molecule has 0 amide bonds. The minimum atomic E-state index is -0.939. The van der Waals surface area contributed by atoms with Gasteiger partial charge in [-0.15, -0.1) is 0 Å². The zero-order chi connectivity index (χ0) is 18.8. The van der Waals surface area contributed by atoms with Gasteiger partial charge in [-0.3, -0.25) is 9.59 Å². The number of esters is 1. The third-order valence-corrected chi connectivity index (χ3v) is 4.40. The Hall–Kier alpha value is -2.63. The summed E-state index contributed by atoms with van der Waals surface area (Å²) in [4.78, 5) is 29.1. The number of carbonyl (C=O) groups is 2. The number of benzene rings is 1. The standard InChI is InChI=1S/C19H23NO5/c1-5-11(20-12-8-6-7-9-13(12)21)15-14(22)10-19(2,3)16(17(15)23)18(24)25-4/h6-9,16,21,23H,5,10H2,1-4H3/t16-/m1/s1. The summed E-state index contributed by atoms with van der Waals surface area (Å²) in [5, 5.41) is 20.6. The SMILES string of the molecule is CCC(=Nc1ccccc1O)C1=C(O)[C@H](C(=O)OC)C(C)(C)CC1=O. The third kappa shape index (κ3) is 3.57. The summed E-state index contributed by atoms with van der Waals surface area (Å²) in [6.45, 7) is 5.27. The smallest absolute Gasteiger partial charge is 0.316 e. The van der Waals surface area contributed by atoms with Gasteiger partial charge in [-0.25, -0.2) is 4.99 Å². The molecule has 6 heteroatoms. The Kier molecular flexibility index (Phi) is 5.30. The number of aliphatic hydroxyl groups excluding tert-OH is 1. The predicted molar refractivity (Wildman–Crippen MR) is 94.1 cm³/mol. The molecule has 0 radical (unpaired) electrons. The van der Waals surface area contributed by atoms with E-state index in [9.17, 15) is 19.8 Å². The number of ketones is 1. The molecule has 0 heterocycles. The van der Waals surface area contributed by atoms with Crippen LogP contribution < -0.4 is 0 Å². The minimum absolute atomic E-state index is 0.0263. The molecule has 134 valence electrons. The van der Waals surface area contributed by atoms with E-state index in [1.54, 1.807) is 39.0 Å². The van der Waals surface area contributed by atoms with E-state index in [1.807, 2.05) is 0 Å². The highest BCUT2D eigenvalue weighted by molar-refractivity contribution is 6.24. The molecular weight excluding hydrogens is 322 g/mol. The van der Waals surface area contributed by atoms with Crippen LogP contribution in [0.2, 0.25) is 0 Å². The molecule has 1 aliphatic carbocycles. The molecule has 0 aliphatic heterocycles. The molecule has 1 atom stereocenters. The number of hydrogen-bond acceptors (Lipinski definition) is 6. The summed E-state index contributed by atoms with van der Waals surface area (Å²) in [5.41, 5.74) is -0.0910. The molecule has 0 saturated heterocycles. The molecule has 25 heavy (non-hydrogen) atoms. The lowest BCUT2D eigenvalue weighted by atomic mass is 9.67. The van der Waals surface area contributed by atoms with Crippen LogP contribution in [0.1, 0.15) is 33.6 Å². The lowest BCUT2D eigenvalue weighted by molar-refractivity contribution is -0.150. The highest BCUT2D eigenvalue weighted by Crippen LogP contribution is 2.43. The number of aromatic hydroxyl groups is 1. The maximum absolute atomic E-state index is 12.6. The van der Waals surface area contributed by atoms with Crippen LogP contribution >= 0.6 is 0 Å². The van der Waals surface area contributed by atoms with Gasteiger partial charge in [0.25, 0.3) is 0 Å². The van der Waals surface area contributed by atoms with Gasteiger partial charge in [0.1, 0.15) is 23.1 Å². The van der Waals surface area contributed by atoms with E-state index in [2.05, 4.69) is 4.99 Å². The average molecular weight is 345 g/mol. The van der Waals surface area contributed by atoms with Crippen LogP contribution in [0.25, 0.3) is 0 Å². The minimum Gasteiger partial charge on any atom is -0.511 e. The van der Waals surface area contributed by atoms with E-state index in [1.165, 1.54) is 13.2 Å². The number of carbonyl (C=O) groups excluding carboxylic acids is 2. The largest absolute Gasteiger partial charge is 0.511 e. The monoisotopic (exact) mass is 345 g/mol. The number of hydrogen-bond donors (Lipinski definition) is 2. The Morgan fingerprint density at radius 2 is 1.96 bits per heavy atom. The van der Waals surface area contributed by atoms with Crippen molar-refractivity contribution in [2.45, 2.75) is 33.6 Å². The Balaban J connectivity index is 2.62. The molecule has 6 nitrogen and oxygen atoms in total. The van der Waals surface area contributed by atoms with E-state index < -0.39 is 17.3 Å². The van der Waals surface area contributed by atoms with Crippen molar-refractivity contribution in [1.82, 2.24) is 0 Å². The van der Waals surface area contributed by atoms with Crippen molar-refractivity contribution >= 4 is 23.2 Å². The summed E-state index contributed by atoms with van der Waals surface area (Å²) < 4.78 is 4.81. The van der Waals surface area contributed by atoms with E-state index in [-0.39, 0.29) is 29.3 Å². The molecule has 0 fully saturated rings. The van der Waals surface area contributed by atoms with Crippen molar-refractivity contribution < 1.29 is 24.5 Å². The van der Waals surface area contributed by atoms with Gasteiger partial charge in [-0.05, 0) is 24.0 Å². The summed E-state index contributed by atoms with van der Waals surface area (Å²) >= 11 is 0. The van der Waals surface area contributed by atoms with Gasteiger partial charge in [0.15, 0.2) is 5.78 Å². The van der Waals surface area contributed by atoms with E-state index in [0.717, 1.165) is 0 Å². The molecule has 1 aliphatic rings. The van der Waals surface area contributed by atoms with E-state index in [4.69, 9.17) is 4.74 Å². The second-order valence-electron chi connectivity index (χ2n) is 6.71. The maximum Gasteiger partial charge on any atom is 0.316 e. The van der Waals surface area contributed by atoms with Crippen LogP contribution in [-0.2, 0) is 14.3 Å². The first-order valence-corrected chi connectivity index (χ1v) is 8.13. The van der Waals surface area contributed by atoms with Crippen LogP contribution in [0.4, 0.5) is 5.69 Å². The van der Waals surface area contributed by atoms with Gasteiger partial charge in [-0.1, -0.05) is 32.9 Å². The lowest BCUT2D eigenvalue weighted by Gasteiger charge is -2.36. The Bertz CT molecular complexity index is 761. The number of aliphatic imine (C=N–C) groups is 1. The zero-order valence-electron chi connectivity index (χ0n) is 14.9. The topological polar surface area (TPSA) is 96.2 Å². The number of phenols is 1. The second-order valence-corrected chi connectivity index (χ2v) is 6.71. The fourth-order valence-electron chi connectivity index (χ4n) is 3.13. The highest BCUT2D eigenvalue weighted by atomic mass is 16.5. The zero-order valence-corrected chi connectivity index (χ0v) is 14.9. The number of phenolic OH excluding ortho intramolecular Hbond substituents is 1. The molecule has 2 N–H and O–H groups in total. The Morgan fingerprint density at radius 3 is 2.52 bits per heavy atom. The van der Waals surface area contributed by atoms with E-state index in [0.29, 0.717) is 17.8 Å². The normalized spacial score (nSPS) is 20.6. The van der Waals surface area contributed by atoms with Gasteiger partial charge in [0.05, 0.1) is 18.4 Å². The van der Waals surface area contributed by atoms with Crippen LogP contribution in [0, 0.1) is 11.3 Å². The highest BCUT2D eigenvalue weighted by Gasteiger charge is 2.47. The predicted octanol–water partition coefficient (Wildman–Crippen LogP) is 3.48. The molecule has 0 unspecified atom stereocenters. The number of methoxy groups -OCH3 is 1. The fraction of sp³-hybridized carbons (Fsp3) is 0.421. The molecular formula is C19H23NO5. The lowest BCUT2D eigenvalue weighted by Crippen LogP contribution is -2.41. The van der Waals surface area contributed by atoms with Crippen molar-refractivity contribution in [3.63, 3.8) is 0 Å². The number of allylic oxidation sites excluding steroid dienone is 1. The first-order chi connectivity index (χ1) is 11.7. The summed E-state index contributed by atoms with van der Waals surface area (Å²) in [6, 6.07) is 6.47. The van der Waals surface area contributed by atoms with Crippen LogP contribution in [0.15, 0.2) is 40.6 Å². The molecule has 1 aromatic rings. The summed E-state index contributed by atoms with van der Waals surface area (Å²) in [6.07, 6.45) is 0.444. The van der Waals surface area contributed by atoms with Gasteiger partial charge in [0.2, 0.25) is 0 Å². The first-order valence-electron chi connectivity index (χ1n) is 8.13. The third-order valence-electron chi connectivity index (χ3n) is 4.40. The van der Waals surface area contributed by atoms with Crippen LogP contribution in [-0.4, -0.2) is 34.8 Å². The summed E-state index contributed by atoms with van der Waals surface area (Å²) in [5.74, 6) is -2.15. The number of rotatable bonds is 4. The molecule has 1 aromatic carbocycles. The number of ether oxygens (including phenoxy) is 1. The average Bonchev–Trinajstić information content (AvgIpc) is 2.54. The fourth-order valence-corrected chi connectivity index (χ4v) is 3.13. The van der Waals surface area contributed by atoms with Crippen LogP contribution in [0.5, 0.6) is 5.75 Å². The maximum atomic E-state index is 12.6. The quantitative estimate of drug-likeness (QED) is 0.643. The van der Waals surface area contributed by atoms with Crippen molar-refractivity contribution in [3.8, 4) is 5.75 Å². The first kappa shape index (κ1) is 18.7. The van der Waals surface area contributed by atoms with Gasteiger partial charge >= 0.3 is 5.97 Å². The number of Topliss-reactive ketones (excluding diaryl/α,β-unsaturated/α-hetero) is 1. The van der Waals surface area contributed by atoms with Gasteiger partial charge < -0.3 is 14.9 Å². The summed E-state index contributed by atoms with van der Waals surface area (Å²) in [7, 11) is 1.25. The number of para-hydroxylation sites is 2. The van der Waals surface area contributed by atoms with Crippen molar-refractivity contribution in [2.75, 3.05) is 7.11 Å². The molecule has 0 spiro atoms. The van der Waals surface area contributed by atoms with Gasteiger partial charge in [0, 0.05) is 6.42 Å². The molecule has 0 saturated carbocycles.